The van der Waals surface area contributed by atoms with Crippen LogP contribution < -0.4 is 0 Å². The predicted octanol–water partition coefficient (Wildman–Crippen LogP) is 5.81. The number of carboxylic acid groups (broad SMARTS) is 1. The maximum atomic E-state index is 10.5. The fourth-order valence-corrected chi connectivity index (χ4v) is 2.99. The van der Waals surface area contributed by atoms with Crippen molar-refractivity contribution >= 4 is 57.4 Å². The summed E-state index contributed by atoms with van der Waals surface area (Å²) < 4.78 is 0. The number of carboxylic acids is 1. The van der Waals surface area contributed by atoms with Gasteiger partial charge < -0.3 is 5.11 Å². The Morgan fingerprint density at radius 1 is 0.870 bits per heavy atom. The molecule has 3 heteroatoms. The topological polar surface area (TPSA) is 37.3 Å². The van der Waals surface area contributed by atoms with Gasteiger partial charge in [-0.1, -0.05) is 78.2 Å². The molecule has 0 aliphatic heterocycles. The zero-order valence-corrected chi connectivity index (χ0v) is 15.5. The number of hydrogen-bond donors (Lipinski definition) is 1. The van der Waals surface area contributed by atoms with E-state index in [9.17, 15) is 4.79 Å². The quantitative estimate of drug-likeness (QED) is 0.336. The molecule has 0 fully saturated rings. The summed E-state index contributed by atoms with van der Waals surface area (Å²) in [5.74, 6) is 1.65. The molecule has 0 spiro atoms. The first kappa shape index (κ1) is 26.1. The SMILES string of the molecule is C/C(=C\C(=O)O)CCC[C@H](C)CCC[C@H](C)CCCC(C)C.[KH]. The van der Waals surface area contributed by atoms with Gasteiger partial charge in [0.1, 0.15) is 0 Å². The Kier molecular flexibility index (Phi) is 18.5. The van der Waals surface area contributed by atoms with Crippen molar-refractivity contribution in [1.82, 2.24) is 0 Å². The Balaban J connectivity index is 0. The molecule has 0 saturated heterocycles. The number of hydrogen-bond acceptors (Lipinski definition) is 1. The van der Waals surface area contributed by atoms with E-state index in [2.05, 4.69) is 27.7 Å². The summed E-state index contributed by atoms with van der Waals surface area (Å²) in [4.78, 5) is 10.5. The molecule has 0 bridgehead atoms. The molecule has 0 aromatic carbocycles. The van der Waals surface area contributed by atoms with E-state index in [1.54, 1.807) is 0 Å². The van der Waals surface area contributed by atoms with Crippen molar-refractivity contribution in [3.05, 3.63) is 11.6 Å². The summed E-state index contributed by atoms with van der Waals surface area (Å²) >= 11 is 0. The van der Waals surface area contributed by atoms with E-state index in [0.717, 1.165) is 36.2 Å². The molecule has 2 atom stereocenters. The van der Waals surface area contributed by atoms with Crippen LogP contribution in [0.1, 0.15) is 92.4 Å². The summed E-state index contributed by atoms with van der Waals surface area (Å²) in [5, 5.41) is 8.68. The van der Waals surface area contributed by atoms with Crippen LogP contribution in [-0.2, 0) is 4.79 Å². The van der Waals surface area contributed by atoms with E-state index in [1.807, 2.05) is 6.92 Å². The number of aliphatic carboxylic acids is 1. The van der Waals surface area contributed by atoms with Crippen molar-refractivity contribution in [3.8, 4) is 0 Å². The van der Waals surface area contributed by atoms with Gasteiger partial charge in [-0.2, -0.15) is 0 Å². The van der Waals surface area contributed by atoms with Gasteiger partial charge in [0, 0.05) is 6.08 Å². The number of carbonyl (C=O) groups is 1. The van der Waals surface area contributed by atoms with E-state index < -0.39 is 5.97 Å². The molecule has 23 heavy (non-hydrogen) atoms. The minimum absolute atomic E-state index is 0. The molecule has 0 unspecified atom stereocenters. The minimum atomic E-state index is -0.822. The van der Waals surface area contributed by atoms with E-state index >= 15 is 0 Å². The van der Waals surface area contributed by atoms with Gasteiger partial charge in [0.05, 0.1) is 0 Å². The molecular formula is C20H39KO2. The second kappa shape index (κ2) is 16.3. The van der Waals surface area contributed by atoms with Crippen LogP contribution >= 0.6 is 0 Å². The van der Waals surface area contributed by atoms with Gasteiger partial charge in [-0.25, -0.2) is 4.79 Å². The second-order valence-electron chi connectivity index (χ2n) is 7.69. The predicted molar refractivity (Wildman–Crippen MR) is 103 cm³/mol. The molecule has 1 N–H and O–H groups in total. The van der Waals surface area contributed by atoms with E-state index in [1.165, 1.54) is 51.0 Å². The van der Waals surface area contributed by atoms with E-state index in [-0.39, 0.29) is 51.4 Å². The summed E-state index contributed by atoms with van der Waals surface area (Å²) in [6.07, 6.45) is 12.7. The monoisotopic (exact) mass is 350 g/mol. The summed E-state index contributed by atoms with van der Waals surface area (Å²) in [6, 6.07) is 0. The molecule has 0 saturated carbocycles. The normalized spacial score (nSPS) is 14.4. The van der Waals surface area contributed by atoms with Gasteiger partial charge in [-0.05, 0) is 37.5 Å². The summed E-state index contributed by atoms with van der Waals surface area (Å²) in [6.45, 7) is 11.3. The molecule has 132 valence electrons. The van der Waals surface area contributed by atoms with Crippen molar-refractivity contribution in [2.45, 2.75) is 92.4 Å². The van der Waals surface area contributed by atoms with Gasteiger partial charge in [-0.15, -0.1) is 0 Å². The van der Waals surface area contributed by atoms with Crippen LogP contribution in [0.4, 0.5) is 0 Å². The Labute approximate surface area is 187 Å². The molecule has 0 aromatic rings. The molecule has 0 amide bonds. The van der Waals surface area contributed by atoms with Gasteiger partial charge >= 0.3 is 57.4 Å². The fraction of sp³-hybridized carbons (Fsp3) is 0.850. The van der Waals surface area contributed by atoms with E-state index in [0.29, 0.717) is 0 Å². The molecule has 2 nitrogen and oxygen atoms in total. The van der Waals surface area contributed by atoms with Crippen LogP contribution in [0.5, 0.6) is 0 Å². The molecule has 0 aliphatic rings. The Hall–Kier alpha value is 0.846. The van der Waals surface area contributed by atoms with Gasteiger partial charge in [0.15, 0.2) is 0 Å². The molecule has 0 aliphatic carbocycles. The fourth-order valence-electron chi connectivity index (χ4n) is 2.99. The molecule has 0 heterocycles. The first-order valence-electron chi connectivity index (χ1n) is 9.21. The van der Waals surface area contributed by atoms with Gasteiger partial charge in [0.25, 0.3) is 0 Å². The van der Waals surface area contributed by atoms with Crippen LogP contribution in [0.3, 0.4) is 0 Å². The van der Waals surface area contributed by atoms with E-state index in [4.69, 9.17) is 5.11 Å². The van der Waals surface area contributed by atoms with Crippen molar-refractivity contribution in [2.24, 2.45) is 17.8 Å². The zero-order chi connectivity index (χ0) is 17.0. The van der Waals surface area contributed by atoms with Crippen molar-refractivity contribution in [1.29, 1.82) is 0 Å². The average Bonchev–Trinajstić information content (AvgIpc) is 2.37. The zero-order valence-electron chi connectivity index (χ0n) is 15.5. The first-order chi connectivity index (χ1) is 10.3. The third kappa shape index (κ3) is 19.0. The standard InChI is InChI=1S/C20H38O2.K.H/c1-16(2)9-6-10-17(3)11-7-12-18(4)13-8-14-19(5)15-20(21)22;;/h15-18H,6-14H2,1-5H3,(H,21,22);;/b19-15+;;/t17-,18-;;/m1../s1. The molecule has 0 aromatic heterocycles. The third-order valence-corrected chi connectivity index (χ3v) is 4.51. The second-order valence-corrected chi connectivity index (χ2v) is 7.69. The van der Waals surface area contributed by atoms with Crippen molar-refractivity contribution in [2.75, 3.05) is 0 Å². The number of rotatable bonds is 13. The summed E-state index contributed by atoms with van der Waals surface area (Å²) in [7, 11) is 0. The Morgan fingerprint density at radius 2 is 1.30 bits per heavy atom. The summed E-state index contributed by atoms with van der Waals surface area (Å²) in [5.41, 5.74) is 0.985. The van der Waals surface area contributed by atoms with Gasteiger partial charge in [-0.3, -0.25) is 0 Å². The van der Waals surface area contributed by atoms with Crippen LogP contribution in [-0.4, -0.2) is 62.5 Å². The molecular weight excluding hydrogens is 311 g/mol. The van der Waals surface area contributed by atoms with Crippen molar-refractivity contribution in [3.63, 3.8) is 0 Å². The maximum absolute atomic E-state index is 10.5. The third-order valence-electron chi connectivity index (χ3n) is 4.51. The first-order valence-corrected chi connectivity index (χ1v) is 9.21. The van der Waals surface area contributed by atoms with Crippen LogP contribution in [0, 0.1) is 17.8 Å². The number of allylic oxidation sites excluding steroid dienone is 1. The Bertz CT molecular complexity index is 324. The van der Waals surface area contributed by atoms with Crippen molar-refractivity contribution < 1.29 is 9.90 Å². The molecule has 0 radical (unpaired) electrons. The van der Waals surface area contributed by atoms with Gasteiger partial charge in [0.2, 0.25) is 0 Å². The molecule has 0 rings (SSSR count). The van der Waals surface area contributed by atoms with Crippen LogP contribution in [0.25, 0.3) is 0 Å². The average molecular weight is 351 g/mol. The Morgan fingerprint density at radius 3 is 1.74 bits per heavy atom. The van der Waals surface area contributed by atoms with Crippen LogP contribution in [0.2, 0.25) is 0 Å². The van der Waals surface area contributed by atoms with Crippen LogP contribution in [0.15, 0.2) is 11.6 Å².